The van der Waals surface area contributed by atoms with Crippen molar-refractivity contribution in [3.63, 3.8) is 0 Å². The van der Waals surface area contributed by atoms with Crippen molar-refractivity contribution < 1.29 is 14.3 Å². The number of carbonyl (C=O) groups is 1. The number of aromatic amines is 1. The standard InChI is InChI=1S/C11H8BrFN2O2/c12-8-3-6(1-2-7(8)5-13)9-4-10(11(16)17)15-14-9/h1-4H,5H2,(H,14,15)(H,16,17). The quantitative estimate of drug-likeness (QED) is 0.915. The Kier molecular flexibility index (Phi) is 3.23. The lowest BCUT2D eigenvalue weighted by Crippen LogP contribution is -1.95. The second-order valence-electron chi connectivity index (χ2n) is 3.41. The Morgan fingerprint density at radius 1 is 1.47 bits per heavy atom. The number of carboxylic acid groups (broad SMARTS) is 1. The fourth-order valence-electron chi connectivity index (χ4n) is 1.39. The molecule has 2 rings (SSSR count). The van der Waals surface area contributed by atoms with Crippen molar-refractivity contribution in [3.05, 3.63) is 40.0 Å². The van der Waals surface area contributed by atoms with Gasteiger partial charge in [-0.15, -0.1) is 0 Å². The first-order valence-electron chi connectivity index (χ1n) is 4.75. The highest BCUT2D eigenvalue weighted by molar-refractivity contribution is 9.10. The van der Waals surface area contributed by atoms with Crippen LogP contribution in [-0.4, -0.2) is 21.3 Å². The molecule has 2 N–H and O–H groups in total. The molecule has 0 amide bonds. The molecule has 2 aromatic rings. The number of alkyl halides is 1. The van der Waals surface area contributed by atoms with E-state index in [0.717, 1.165) is 5.56 Å². The molecule has 0 radical (unpaired) electrons. The number of rotatable bonds is 3. The van der Waals surface area contributed by atoms with Gasteiger partial charge in [0.1, 0.15) is 12.4 Å². The van der Waals surface area contributed by atoms with Crippen molar-refractivity contribution in [1.82, 2.24) is 10.2 Å². The summed E-state index contributed by atoms with van der Waals surface area (Å²) in [6.45, 7) is -0.554. The fourth-order valence-corrected chi connectivity index (χ4v) is 1.88. The Morgan fingerprint density at radius 2 is 2.24 bits per heavy atom. The highest BCUT2D eigenvalue weighted by Crippen LogP contribution is 2.25. The summed E-state index contributed by atoms with van der Waals surface area (Å²) in [5, 5.41) is 15.0. The minimum absolute atomic E-state index is 0.0192. The molecule has 0 aliphatic rings. The van der Waals surface area contributed by atoms with Crippen molar-refractivity contribution >= 4 is 21.9 Å². The van der Waals surface area contributed by atoms with Gasteiger partial charge in [-0.1, -0.05) is 28.1 Å². The predicted molar refractivity (Wildman–Crippen MR) is 63.5 cm³/mol. The molecule has 1 heterocycles. The number of H-pyrrole nitrogens is 1. The van der Waals surface area contributed by atoms with E-state index < -0.39 is 12.6 Å². The average molecular weight is 299 g/mol. The molecule has 0 fully saturated rings. The lowest BCUT2D eigenvalue weighted by Gasteiger charge is -2.01. The van der Waals surface area contributed by atoms with Gasteiger partial charge in [0, 0.05) is 10.0 Å². The van der Waals surface area contributed by atoms with Gasteiger partial charge in [0.25, 0.3) is 0 Å². The molecular formula is C11H8BrFN2O2. The average Bonchev–Trinajstić information content (AvgIpc) is 2.78. The molecule has 0 saturated heterocycles. The molecule has 6 heteroatoms. The van der Waals surface area contributed by atoms with Crippen LogP contribution >= 0.6 is 15.9 Å². The first kappa shape index (κ1) is 11.8. The summed E-state index contributed by atoms with van der Waals surface area (Å²) in [6.07, 6.45) is 0. The summed E-state index contributed by atoms with van der Waals surface area (Å²) in [4.78, 5) is 10.7. The van der Waals surface area contributed by atoms with E-state index in [2.05, 4.69) is 26.1 Å². The normalized spacial score (nSPS) is 10.5. The van der Waals surface area contributed by atoms with Gasteiger partial charge in [0.2, 0.25) is 0 Å². The summed E-state index contributed by atoms with van der Waals surface area (Å²) in [5.41, 5.74) is 1.79. The molecule has 0 aliphatic heterocycles. The first-order valence-corrected chi connectivity index (χ1v) is 5.54. The van der Waals surface area contributed by atoms with Gasteiger partial charge >= 0.3 is 5.97 Å². The number of halogens is 2. The maximum atomic E-state index is 12.5. The van der Waals surface area contributed by atoms with Gasteiger partial charge in [-0.2, -0.15) is 5.10 Å². The molecule has 1 aromatic carbocycles. The lowest BCUT2D eigenvalue weighted by atomic mass is 10.1. The van der Waals surface area contributed by atoms with Crippen LogP contribution in [0.1, 0.15) is 16.1 Å². The Morgan fingerprint density at radius 3 is 2.76 bits per heavy atom. The van der Waals surface area contributed by atoms with E-state index in [1.807, 2.05) is 0 Å². The van der Waals surface area contributed by atoms with Crippen LogP contribution < -0.4 is 0 Å². The van der Waals surface area contributed by atoms with E-state index in [1.54, 1.807) is 18.2 Å². The number of nitrogens with zero attached hydrogens (tertiary/aromatic N) is 1. The molecule has 0 saturated carbocycles. The number of hydrogen-bond donors (Lipinski definition) is 2. The van der Waals surface area contributed by atoms with E-state index in [9.17, 15) is 9.18 Å². The number of benzene rings is 1. The molecule has 0 atom stereocenters. The van der Waals surface area contributed by atoms with E-state index in [4.69, 9.17) is 5.11 Å². The van der Waals surface area contributed by atoms with E-state index in [0.29, 0.717) is 15.7 Å². The SMILES string of the molecule is O=C(O)c1cc(-c2ccc(CF)c(Br)c2)n[nH]1. The molecule has 0 spiro atoms. The van der Waals surface area contributed by atoms with Gasteiger partial charge in [-0.25, -0.2) is 9.18 Å². The Hall–Kier alpha value is -1.69. The maximum Gasteiger partial charge on any atom is 0.353 e. The second kappa shape index (κ2) is 4.67. The van der Waals surface area contributed by atoms with Crippen LogP contribution in [0.25, 0.3) is 11.3 Å². The molecule has 17 heavy (non-hydrogen) atoms. The van der Waals surface area contributed by atoms with Gasteiger partial charge in [0.15, 0.2) is 0 Å². The molecule has 0 bridgehead atoms. The van der Waals surface area contributed by atoms with Crippen molar-refractivity contribution in [2.45, 2.75) is 6.67 Å². The summed E-state index contributed by atoms with van der Waals surface area (Å²) in [5.74, 6) is -1.07. The summed E-state index contributed by atoms with van der Waals surface area (Å²) >= 11 is 3.25. The molecule has 88 valence electrons. The highest BCUT2D eigenvalue weighted by Gasteiger charge is 2.10. The lowest BCUT2D eigenvalue weighted by molar-refractivity contribution is 0.0690. The molecule has 0 aliphatic carbocycles. The summed E-state index contributed by atoms with van der Waals surface area (Å²) in [7, 11) is 0. The Bertz CT molecular complexity index is 568. The van der Waals surface area contributed by atoms with Crippen LogP contribution in [0, 0.1) is 0 Å². The van der Waals surface area contributed by atoms with Crippen LogP contribution in [0.4, 0.5) is 4.39 Å². The summed E-state index contributed by atoms with van der Waals surface area (Å²) in [6, 6.07) is 6.46. The number of aromatic carboxylic acids is 1. The van der Waals surface area contributed by atoms with Crippen molar-refractivity contribution in [3.8, 4) is 11.3 Å². The monoisotopic (exact) mass is 298 g/mol. The molecular weight excluding hydrogens is 291 g/mol. The van der Waals surface area contributed by atoms with E-state index in [1.165, 1.54) is 6.07 Å². The third kappa shape index (κ3) is 2.36. The van der Waals surface area contributed by atoms with Crippen molar-refractivity contribution in [1.29, 1.82) is 0 Å². The van der Waals surface area contributed by atoms with Crippen LogP contribution in [0.5, 0.6) is 0 Å². The zero-order valence-corrected chi connectivity index (χ0v) is 10.2. The zero-order chi connectivity index (χ0) is 12.4. The van der Waals surface area contributed by atoms with Gasteiger partial charge in [-0.3, -0.25) is 5.10 Å². The number of aromatic nitrogens is 2. The minimum atomic E-state index is -1.07. The van der Waals surface area contributed by atoms with Crippen molar-refractivity contribution in [2.75, 3.05) is 0 Å². The van der Waals surface area contributed by atoms with Crippen LogP contribution in [-0.2, 0) is 6.67 Å². The minimum Gasteiger partial charge on any atom is -0.477 e. The number of hydrogen-bond acceptors (Lipinski definition) is 2. The smallest absolute Gasteiger partial charge is 0.353 e. The topological polar surface area (TPSA) is 66.0 Å². The van der Waals surface area contributed by atoms with Crippen LogP contribution in [0.2, 0.25) is 0 Å². The third-order valence-corrected chi connectivity index (χ3v) is 3.04. The molecule has 0 unspecified atom stereocenters. The van der Waals surface area contributed by atoms with Gasteiger partial charge < -0.3 is 5.11 Å². The number of carboxylic acids is 1. The van der Waals surface area contributed by atoms with E-state index >= 15 is 0 Å². The molecule has 4 nitrogen and oxygen atoms in total. The predicted octanol–water partition coefficient (Wildman–Crippen LogP) is 3.01. The fraction of sp³-hybridized carbons (Fsp3) is 0.0909. The first-order chi connectivity index (χ1) is 8.11. The second-order valence-corrected chi connectivity index (χ2v) is 4.27. The van der Waals surface area contributed by atoms with Crippen molar-refractivity contribution in [2.24, 2.45) is 0 Å². The molecule has 1 aromatic heterocycles. The Balaban J connectivity index is 2.39. The van der Waals surface area contributed by atoms with E-state index in [-0.39, 0.29) is 5.69 Å². The largest absolute Gasteiger partial charge is 0.477 e. The number of nitrogens with one attached hydrogen (secondary N) is 1. The van der Waals surface area contributed by atoms with Crippen LogP contribution in [0.15, 0.2) is 28.7 Å². The maximum absolute atomic E-state index is 12.5. The Labute approximate surface area is 105 Å². The summed E-state index contributed by atoms with van der Waals surface area (Å²) < 4.78 is 13.1. The van der Waals surface area contributed by atoms with Gasteiger partial charge in [0.05, 0.1) is 5.69 Å². The zero-order valence-electron chi connectivity index (χ0n) is 8.58. The highest BCUT2D eigenvalue weighted by atomic mass is 79.9. The van der Waals surface area contributed by atoms with Gasteiger partial charge in [-0.05, 0) is 17.7 Å². The van der Waals surface area contributed by atoms with Crippen LogP contribution in [0.3, 0.4) is 0 Å². The third-order valence-electron chi connectivity index (χ3n) is 2.30.